The number of thiophene rings is 1. The van der Waals surface area contributed by atoms with Gasteiger partial charge in [0.25, 0.3) is 0 Å². The molecule has 1 radical (unpaired) electrons. The Bertz CT molecular complexity index is 2090. The fourth-order valence-electron chi connectivity index (χ4n) is 5.62. The van der Waals surface area contributed by atoms with E-state index in [9.17, 15) is 0 Å². The Morgan fingerprint density at radius 2 is 1.63 bits per heavy atom. The molecule has 0 spiro atoms. The van der Waals surface area contributed by atoms with Crippen LogP contribution in [0.4, 0.5) is 0 Å². The van der Waals surface area contributed by atoms with Crippen LogP contribution in [0.1, 0.15) is 45.7 Å². The summed E-state index contributed by atoms with van der Waals surface area (Å²) in [6, 6.07) is 27.3. The molecule has 1 aliphatic rings. The number of aromatic nitrogens is 3. The Labute approximate surface area is 269 Å². The fourth-order valence-corrected chi connectivity index (χ4v) is 6.88. The Hall–Kier alpha value is -3.70. The molecule has 7 aromatic rings. The maximum atomic E-state index is 6.13. The topological polar surface area (TPSA) is 51.8 Å². The molecule has 0 atom stereocenters. The van der Waals surface area contributed by atoms with Crippen LogP contribution >= 0.6 is 11.3 Å². The molecule has 0 saturated carbocycles. The molecule has 6 heteroatoms. The summed E-state index contributed by atoms with van der Waals surface area (Å²) in [7, 11) is 0. The Balaban J connectivity index is 0.000000176. The first kappa shape index (κ1) is 29.4. The molecule has 2 aromatic carbocycles. The largest absolute Gasteiger partial charge is 0.486 e. The van der Waals surface area contributed by atoms with Gasteiger partial charge < -0.3 is 9.40 Å². The first-order chi connectivity index (χ1) is 20.4. The molecule has 217 valence electrons. The molecule has 0 unspecified atom stereocenters. The van der Waals surface area contributed by atoms with E-state index < -0.39 is 0 Å². The monoisotopic (exact) mass is 758 g/mol. The second kappa shape index (κ2) is 12.1. The Morgan fingerprint density at radius 3 is 2.44 bits per heavy atom. The van der Waals surface area contributed by atoms with Crippen LogP contribution in [0.5, 0.6) is 0 Å². The minimum Gasteiger partial charge on any atom is -0.486 e. The Morgan fingerprint density at radius 1 is 0.791 bits per heavy atom. The van der Waals surface area contributed by atoms with Gasteiger partial charge in [-0.1, -0.05) is 41.6 Å². The molecule has 0 aliphatic heterocycles. The molecule has 0 saturated heterocycles. The number of furan rings is 1. The molecule has 5 aromatic heterocycles. The van der Waals surface area contributed by atoms with Gasteiger partial charge in [-0.3, -0.25) is 4.98 Å². The summed E-state index contributed by atoms with van der Waals surface area (Å²) in [5, 5.41) is 3.43. The zero-order valence-electron chi connectivity index (χ0n) is 24.7. The molecule has 0 fully saturated rings. The van der Waals surface area contributed by atoms with Crippen LogP contribution < -0.4 is 0 Å². The number of benzene rings is 2. The van der Waals surface area contributed by atoms with Gasteiger partial charge in [-0.05, 0) is 81.1 Å². The third-order valence-corrected chi connectivity index (χ3v) is 9.33. The quantitative estimate of drug-likeness (QED) is 0.165. The minimum absolute atomic E-state index is 0. The number of nitrogens with zero attached hydrogens (tertiary/aromatic N) is 3. The van der Waals surface area contributed by atoms with Gasteiger partial charge in [0.15, 0.2) is 0 Å². The van der Waals surface area contributed by atoms with Crippen LogP contribution in [-0.2, 0) is 32.9 Å². The van der Waals surface area contributed by atoms with E-state index >= 15 is 0 Å². The van der Waals surface area contributed by atoms with Crippen molar-refractivity contribution >= 4 is 43.6 Å². The normalized spacial score (nSPS) is 12.6. The number of fused-ring (bicyclic) bond motifs is 6. The van der Waals surface area contributed by atoms with Crippen molar-refractivity contribution in [2.24, 2.45) is 0 Å². The smallest absolute Gasteiger partial charge is 0.216 e. The van der Waals surface area contributed by atoms with Crippen molar-refractivity contribution in [2.45, 2.75) is 53.4 Å². The summed E-state index contributed by atoms with van der Waals surface area (Å²) in [5.74, 6) is 0. The zero-order chi connectivity index (χ0) is 28.8. The van der Waals surface area contributed by atoms with Crippen molar-refractivity contribution in [1.82, 2.24) is 15.0 Å². The summed E-state index contributed by atoms with van der Waals surface area (Å²) in [5.41, 5.74) is 11.6. The molecular formula is C37H31IrN3OS-2. The van der Waals surface area contributed by atoms with E-state index in [0.717, 1.165) is 49.4 Å². The van der Waals surface area contributed by atoms with Crippen LogP contribution in [0.15, 0.2) is 71.3 Å². The fraction of sp³-hybridized carbons (Fsp3) is 0.216. The van der Waals surface area contributed by atoms with E-state index in [-0.39, 0.29) is 20.1 Å². The van der Waals surface area contributed by atoms with E-state index in [0.29, 0.717) is 5.71 Å². The predicted molar refractivity (Wildman–Crippen MR) is 173 cm³/mol. The van der Waals surface area contributed by atoms with E-state index in [2.05, 4.69) is 79.3 Å². The van der Waals surface area contributed by atoms with Crippen molar-refractivity contribution < 1.29 is 24.5 Å². The maximum Gasteiger partial charge on any atom is 0.216 e. The van der Waals surface area contributed by atoms with Crippen LogP contribution in [-0.4, -0.2) is 15.0 Å². The first-order valence-corrected chi connectivity index (χ1v) is 15.3. The molecule has 5 heterocycles. The van der Waals surface area contributed by atoms with Gasteiger partial charge in [0.1, 0.15) is 4.83 Å². The molecule has 4 nitrogen and oxygen atoms in total. The van der Waals surface area contributed by atoms with E-state index in [1.165, 1.54) is 58.2 Å². The van der Waals surface area contributed by atoms with Crippen molar-refractivity contribution in [3.63, 3.8) is 0 Å². The standard InChI is InChI=1S/C23H17N2OS.C14H14N.Ir/c1-13-9-10-16-15-6-4-7-18(21(15)26-22(16)24-13)19-12-11-17-14-5-2-3-8-20(14)27-23(17)25-19;1-10-4-6-13(7-5-10)14-8-11(2)12(3)9-15-14;/h4,6,9-12H,2-3,5,8H2,1H3;4-6,8-9H,1-3H3;/q2*-1;. The summed E-state index contributed by atoms with van der Waals surface area (Å²) in [6.45, 7) is 8.22. The molecule has 0 amide bonds. The number of hydrogen-bond acceptors (Lipinski definition) is 5. The average molecular weight is 758 g/mol. The van der Waals surface area contributed by atoms with Gasteiger partial charge >= 0.3 is 0 Å². The van der Waals surface area contributed by atoms with Crippen LogP contribution in [0, 0.1) is 39.8 Å². The third kappa shape index (κ3) is 5.68. The van der Waals surface area contributed by atoms with Crippen molar-refractivity contribution in [1.29, 1.82) is 0 Å². The number of pyridine rings is 3. The third-order valence-electron chi connectivity index (χ3n) is 8.13. The first-order valence-electron chi connectivity index (χ1n) is 14.5. The van der Waals surface area contributed by atoms with Gasteiger partial charge in [0.2, 0.25) is 5.71 Å². The van der Waals surface area contributed by atoms with Gasteiger partial charge in [0.05, 0.1) is 5.58 Å². The summed E-state index contributed by atoms with van der Waals surface area (Å²) in [4.78, 5) is 16.6. The van der Waals surface area contributed by atoms with E-state index in [4.69, 9.17) is 9.40 Å². The van der Waals surface area contributed by atoms with Gasteiger partial charge in [0, 0.05) is 47.6 Å². The number of rotatable bonds is 2. The SMILES string of the molecule is Cc1c[c-]c(-c2cc(C)c(C)cn2)cc1.Cc1ccc2c(n1)oc1c(-c3ccc4c5c(sc4n3)CCCC5)[c-]ccc12.[Ir]. The summed E-state index contributed by atoms with van der Waals surface area (Å²) >= 11 is 1.85. The van der Waals surface area contributed by atoms with Gasteiger partial charge in [-0.25, -0.2) is 4.98 Å². The minimum atomic E-state index is 0. The maximum absolute atomic E-state index is 6.13. The number of hydrogen-bond donors (Lipinski definition) is 0. The summed E-state index contributed by atoms with van der Waals surface area (Å²) in [6.07, 6.45) is 6.89. The predicted octanol–water partition coefficient (Wildman–Crippen LogP) is 9.72. The molecule has 0 N–H and O–H groups in total. The Kier molecular flexibility index (Phi) is 8.28. The zero-order valence-corrected chi connectivity index (χ0v) is 27.9. The van der Waals surface area contributed by atoms with Crippen LogP contribution in [0.2, 0.25) is 0 Å². The van der Waals surface area contributed by atoms with E-state index in [1.54, 1.807) is 0 Å². The summed E-state index contributed by atoms with van der Waals surface area (Å²) < 4.78 is 6.13. The second-order valence-corrected chi connectivity index (χ2v) is 12.3. The van der Waals surface area contributed by atoms with Crippen molar-refractivity contribution in [2.75, 3.05) is 0 Å². The number of aryl methyl sites for hydroxylation is 6. The molecule has 43 heavy (non-hydrogen) atoms. The van der Waals surface area contributed by atoms with Gasteiger partial charge in [-0.15, -0.1) is 64.9 Å². The average Bonchev–Trinajstić information content (AvgIpc) is 3.56. The molecule has 1 aliphatic carbocycles. The molecule has 8 rings (SSSR count). The molecule has 0 bridgehead atoms. The second-order valence-electron chi connectivity index (χ2n) is 11.2. The van der Waals surface area contributed by atoms with E-state index in [1.807, 2.05) is 48.7 Å². The van der Waals surface area contributed by atoms with Crippen molar-refractivity contribution in [3.8, 4) is 22.5 Å². The van der Waals surface area contributed by atoms with Crippen LogP contribution in [0.3, 0.4) is 0 Å². The van der Waals surface area contributed by atoms with Crippen molar-refractivity contribution in [3.05, 3.63) is 112 Å². The van der Waals surface area contributed by atoms with Crippen LogP contribution in [0.25, 0.3) is 54.8 Å². The molecular weight excluding hydrogens is 727 g/mol. The van der Waals surface area contributed by atoms with Gasteiger partial charge in [-0.2, -0.15) is 0 Å².